The molecule has 2 aromatic carbocycles. The van der Waals surface area contributed by atoms with Crippen molar-refractivity contribution < 1.29 is 8.78 Å². The number of hydrogen-bond donors (Lipinski definition) is 2. The van der Waals surface area contributed by atoms with Crippen LogP contribution in [0.3, 0.4) is 0 Å². The fraction of sp³-hybridized carbons (Fsp3) is 0.167. The number of benzene rings is 2. The van der Waals surface area contributed by atoms with Gasteiger partial charge in [0.1, 0.15) is 11.5 Å². The summed E-state index contributed by atoms with van der Waals surface area (Å²) in [4.78, 5) is 16.9. The number of aromatic nitrogens is 6. The van der Waals surface area contributed by atoms with Gasteiger partial charge in [0, 0.05) is 41.9 Å². The van der Waals surface area contributed by atoms with Gasteiger partial charge < -0.3 is 10.3 Å². The lowest BCUT2D eigenvalue weighted by Gasteiger charge is -2.05. The Morgan fingerprint density at radius 1 is 0.970 bits per heavy atom. The van der Waals surface area contributed by atoms with Crippen molar-refractivity contribution in [3.05, 3.63) is 78.5 Å². The van der Waals surface area contributed by atoms with Crippen molar-refractivity contribution >= 4 is 16.7 Å². The maximum Gasteiger partial charge on any atom is 0.160 e. The van der Waals surface area contributed by atoms with Crippen molar-refractivity contribution in [1.29, 1.82) is 0 Å². The minimum atomic E-state index is -0.905. The van der Waals surface area contributed by atoms with Crippen LogP contribution in [0.15, 0.2) is 61.1 Å². The fourth-order valence-electron chi connectivity index (χ4n) is 3.56. The average Bonchev–Trinajstić information content (AvgIpc) is 3.47. The Labute approximate surface area is 188 Å². The van der Waals surface area contributed by atoms with Gasteiger partial charge in [0.2, 0.25) is 0 Å². The zero-order chi connectivity index (χ0) is 22.9. The standard InChI is InChI=1S/C24H21F2N7/c1-14(2)33-10-7-20(32-33)24-23(15-3-6-19-21(11-15)28-9-8-27-19)30-22(31-24)13-29-16-4-5-17(25)18(26)12-16/h3-12,14,29H,13H2,1-2H3,(H,30,31). The third-order valence-electron chi connectivity index (χ3n) is 5.27. The molecule has 0 unspecified atom stereocenters. The summed E-state index contributed by atoms with van der Waals surface area (Å²) in [6.07, 6.45) is 5.23. The third-order valence-corrected chi connectivity index (χ3v) is 5.27. The molecule has 0 aliphatic rings. The second kappa shape index (κ2) is 8.42. The molecule has 0 saturated heterocycles. The molecule has 7 nitrogen and oxygen atoms in total. The molecule has 166 valence electrons. The van der Waals surface area contributed by atoms with E-state index in [0.717, 1.165) is 45.8 Å². The summed E-state index contributed by atoms with van der Waals surface area (Å²) in [5.41, 5.74) is 5.12. The molecular weight excluding hydrogens is 424 g/mol. The van der Waals surface area contributed by atoms with E-state index in [1.54, 1.807) is 12.4 Å². The maximum atomic E-state index is 13.6. The van der Waals surface area contributed by atoms with Crippen molar-refractivity contribution in [3.8, 4) is 22.6 Å². The second-order valence-corrected chi connectivity index (χ2v) is 7.92. The molecule has 9 heteroatoms. The van der Waals surface area contributed by atoms with Gasteiger partial charge in [-0.1, -0.05) is 6.07 Å². The minimum Gasteiger partial charge on any atom is -0.378 e. The lowest BCUT2D eigenvalue weighted by molar-refractivity contribution is 0.509. The normalized spacial score (nSPS) is 11.4. The topological polar surface area (TPSA) is 84.3 Å². The second-order valence-electron chi connectivity index (χ2n) is 7.92. The zero-order valence-corrected chi connectivity index (χ0v) is 18.0. The highest BCUT2D eigenvalue weighted by atomic mass is 19.2. The van der Waals surface area contributed by atoms with Crippen LogP contribution in [0.1, 0.15) is 25.7 Å². The molecule has 5 aromatic rings. The summed E-state index contributed by atoms with van der Waals surface area (Å²) >= 11 is 0. The SMILES string of the molecule is CC(C)n1ccc(-c2[nH]c(CNc3ccc(F)c(F)c3)nc2-c2ccc3nccnc3c2)n1. The average molecular weight is 445 g/mol. The van der Waals surface area contributed by atoms with E-state index in [4.69, 9.17) is 4.98 Å². The predicted molar refractivity (Wildman–Crippen MR) is 122 cm³/mol. The smallest absolute Gasteiger partial charge is 0.160 e. The molecular formula is C24H21F2N7. The number of fused-ring (bicyclic) bond motifs is 1. The maximum absolute atomic E-state index is 13.6. The van der Waals surface area contributed by atoms with E-state index in [9.17, 15) is 8.78 Å². The zero-order valence-electron chi connectivity index (χ0n) is 18.0. The van der Waals surface area contributed by atoms with Crippen molar-refractivity contribution in [2.45, 2.75) is 26.4 Å². The van der Waals surface area contributed by atoms with E-state index in [1.807, 2.05) is 35.1 Å². The van der Waals surface area contributed by atoms with Gasteiger partial charge in [-0.3, -0.25) is 14.6 Å². The van der Waals surface area contributed by atoms with Crippen molar-refractivity contribution in [2.75, 3.05) is 5.32 Å². The van der Waals surface area contributed by atoms with Crippen LogP contribution >= 0.6 is 0 Å². The highest BCUT2D eigenvalue weighted by Gasteiger charge is 2.18. The van der Waals surface area contributed by atoms with Gasteiger partial charge in [-0.2, -0.15) is 5.10 Å². The summed E-state index contributed by atoms with van der Waals surface area (Å²) in [5.74, 6) is -1.16. The number of nitrogens with one attached hydrogen (secondary N) is 2. The summed E-state index contributed by atoms with van der Waals surface area (Å²) in [6, 6.07) is 11.6. The quantitative estimate of drug-likeness (QED) is 0.368. The summed E-state index contributed by atoms with van der Waals surface area (Å²) in [5, 5.41) is 7.76. The minimum absolute atomic E-state index is 0.218. The highest BCUT2D eigenvalue weighted by molar-refractivity contribution is 5.84. The van der Waals surface area contributed by atoms with Gasteiger partial charge in [-0.05, 0) is 44.2 Å². The van der Waals surface area contributed by atoms with Crippen LogP contribution in [-0.4, -0.2) is 29.7 Å². The number of anilines is 1. The first-order valence-electron chi connectivity index (χ1n) is 10.5. The van der Waals surface area contributed by atoms with E-state index in [1.165, 1.54) is 6.07 Å². The first-order chi connectivity index (χ1) is 16.0. The number of rotatable bonds is 6. The number of aromatic amines is 1. The molecule has 3 aromatic heterocycles. The Morgan fingerprint density at radius 3 is 2.55 bits per heavy atom. The van der Waals surface area contributed by atoms with Crippen LogP contribution in [-0.2, 0) is 6.54 Å². The molecule has 0 spiro atoms. The highest BCUT2D eigenvalue weighted by Crippen LogP contribution is 2.31. The van der Waals surface area contributed by atoms with E-state index in [2.05, 4.69) is 39.2 Å². The van der Waals surface area contributed by atoms with Crippen LogP contribution < -0.4 is 5.32 Å². The Morgan fingerprint density at radius 2 is 1.79 bits per heavy atom. The van der Waals surface area contributed by atoms with Crippen LogP contribution in [0.25, 0.3) is 33.7 Å². The van der Waals surface area contributed by atoms with Crippen molar-refractivity contribution in [2.24, 2.45) is 0 Å². The third kappa shape index (κ3) is 4.17. The predicted octanol–water partition coefficient (Wildman–Crippen LogP) is 5.35. The molecule has 0 saturated carbocycles. The van der Waals surface area contributed by atoms with Crippen LogP contribution in [0.4, 0.5) is 14.5 Å². The first kappa shape index (κ1) is 20.7. The number of H-pyrrole nitrogens is 1. The van der Waals surface area contributed by atoms with Gasteiger partial charge in [0.15, 0.2) is 11.6 Å². The Balaban J connectivity index is 1.53. The van der Waals surface area contributed by atoms with E-state index in [0.29, 0.717) is 11.5 Å². The molecule has 0 aliphatic heterocycles. The summed E-state index contributed by atoms with van der Waals surface area (Å²) in [6.45, 7) is 4.41. The first-order valence-corrected chi connectivity index (χ1v) is 10.5. The summed E-state index contributed by atoms with van der Waals surface area (Å²) in [7, 11) is 0. The van der Waals surface area contributed by atoms with Gasteiger partial charge >= 0.3 is 0 Å². The lowest BCUT2D eigenvalue weighted by Crippen LogP contribution is -2.02. The van der Waals surface area contributed by atoms with E-state index >= 15 is 0 Å². The Kier molecular flexibility index (Phi) is 5.29. The number of nitrogens with zero attached hydrogens (tertiary/aromatic N) is 5. The molecule has 0 bridgehead atoms. The molecule has 0 atom stereocenters. The Bertz CT molecular complexity index is 1440. The molecule has 5 rings (SSSR count). The summed E-state index contributed by atoms with van der Waals surface area (Å²) < 4.78 is 28.7. The van der Waals surface area contributed by atoms with Crippen molar-refractivity contribution in [1.82, 2.24) is 29.7 Å². The van der Waals surface area contributed by atoms with Gasteiger partial charge in [0.05, 0.1) is 29.0 Å². The van der Waals surface area contributed by atoms with Gasteiger partial charge in [0.25, 0.3) is 0 Å². The van der Waals surface area contributed by atoms with Crippen molar-refractivity contribution in [3.63, 3.8) is 0 Å². The number of hydrogen-bond acceptors (Lipinski definition) is 5. The number of halogens is 2. The van der Waals surface area contributed by atoms with Gasteiger partial charge in [-0.15, -0.1) is 0 Å². The molecule has 0 radical (unpaired) electrons. The van der Waals surface area contributed by atoms with Gasteiger partial charge in [-0.25, -0.2) is 13.8 Å². The fourth-order valence-corrected chi connectivity index (χ4v) is 3.56. The van der Waals surface area contributed by atoms with Crippen LogP contribution in [0.5, 0.6) is 0 Å². The Hall–Kier alpha value is -4.14. The van der Waals surface area contributed by atoms with Crippen LogP contribution in [0, 0.1) is 11.6 Å². The molecule has 0 amide bonds. The number of imidazole rings is 1. The lowest BCUT2D eigenvalue weighted by atomic mass is 10.1. The largest absolute Gasteiger partial charge is 0.378 e. The molecule has 0 fully saturated rings. The molecule has 2 N–H and O–H groups in total. The van der Waals surface area contributed by atoms with E-state index < -0.39 is 11.6 Å². The molecule has 33 heavy (non-hydrogen) atoms. The van der Waals surface area contributed by atoms with E-state index in [-0.39, 0.29) is 12.6 Å². The monoisotopic (exact) mass is 445 g/mol. The van der Waals surface area contributed by atoms with Crippen LogP contribution in [0.2, 0.25) is 0 Å². The molecule has 0 aliphatic carbocycles. The molecule has 3 heterocycles.